The zero-order valence-corrected chi connectivity index (χ0v) is 16.2. The Morgan fingerprint density at radius 2 is 1.82 bits per heavy atom. The summed E-state index contributed by atoms with van der Waals surface area (Å²) < 4.78 is 9.67. The van der Waals surface area contributed by atoms with E-state index >= 15 is 0 Å². The normalized spacial score (nSPS) is 10.3. The monoisotopic (exact) mass is 396 g/mol. The first-order valence-electron chi connectivity index (χ1n) is 8.84. The van der Waals surface area contributed by atoms with Gasteiger partial charge in [-0.25, -0.2) is 9.78 Å². The van der Waals surface area contributed by atoms with E-state index in [0.717, 1.165) is 17.1 Å². The van der Waals surface area contributed by atoms with Gasteiger partial charge in [-0.1, -0.05) is 30.3 Å². The Hall–Kier alpha value is -3.19. The first kappa shape index (κ1) is 19.6. The van der Waals surface area contributed by atoms with Gasteiger partial charge >= 0.3 is 6.16 Å². The van der Waals surface area contributed by atoms with Crippen LogP contribution < -0.4 is 10.1 Å². The first-order chi connectivity index (χ1) is 13.6. The Balaban J connectivity index is 1.51. The highest BCUT2D eigenvalue weighted by atomic mass is 32.1. The number of carbonyl (C=O) groups is 2. The second-order valence-electron chi connectivity index (χ2n) is 5.89. The van der Waals surface area contributed by atoms with Gasteiger partial charge in [0.15, 0.2) is 0 Å². The summed E-state index contributed by atoms with van der Waals surface area (Å²) in [6.07, 6.45) is 0.0102. The van der Waals surface area contributed by atoms with Gasteiger partial charge in [-0.3, -0.25) is 4.79 Å². The quantitative estimate of drug-likeness (QED) is 0.478. The Morgan fingerprint density at radius 3 is 2.54 bits per heavy atom. The van der Waals surface area contributed by atoms with Crippen molar-refractivity contribution in [2.45, 2.75) is 19.9 Å². The van der Waals surface area contributed by atoms with E-state index in [0.29, 0.717) is 17.9 Å². The predicted octanol–water partition coefficient (Wildman–Crippen LogP) is 4.20. The molecule has 1 amide bonds. The molecule has 0 aliphatic heterocycles. The number of nitrogens with zero attached hydrogens (tertiary/aromatic N) is 1. The van der Waals surface area contributed by atoms with E-state index < -0.39 is 6.16 Å². The van der Waals surface area contributed by atoms with Gasteiger partial charge < -0.3 is 14.8 Å². The molecule has 0 radical (unpaired) electrons. The third-order valence-electron chi connectivity index (χ3n) is 3.81. The molecule has 3 aromatic rings. The molecule has 7 heteroatoms. The van der Waals surface area contributed by atoms with Crippen molar-refractivity contribution in [2.24, 2.45) is 0 Å². The fraction of sp³-hybridized carbons (Fsp3) is 0.190. The van der Waals surface area contributed by atoms with Crippen molar-refractivity contribution in [3.63, 3.8) is 0 Å². The summed E-state index contributed by atoms with van der Waals surface area (Å²) in [7, 11) is 0. The Morgan fingerprint density at radius 1 is 1.07 bits per heavy atom. The van der Waals surface area contributed by atoms with Crippen LogP contribution in [-0.2, 0) is 17.7 Å². The molecule has 0 saturated heterocycles. The van der Waals surface area contributed by atoms with Crippen molar-refractivity contribution < 1.29 is 19.1 Å². The van der Waals surface area contributed by atoms with E-state index in [2.05, 4.69) is 22.4 Å². The van der Waals surface area contributed by atoms with Crippen LogP contribution >= 0.6 is 11.3 Å². The summed E-state index contributed by atoms with van der Waals surface area (Å²) >= 11 is 1.58. The largest absolute Gasteiger partial charge is 0.513 e. The third kappa shape index (κ3) is 5.65. The topological polar surface area (TPSA) is 77.5 Å². The molecule has 144 valence electrons. The van der Waals surface area contributed by atoms with Crippen molar-refractivity contribution >= 4 is 23.4 Å². The number of rotatable bonds is 7. The van der Waals surface area contributed by atoms with Crippen LogP contribution in [0.3, 0.4) is 0 Å². The number of nitrogens with one attached hydrogen (secondary N) is 1. The summed E-state index contributed by atoms with van der Waals surface area (Å²) in [4.78, 5) is 28.1. The van der Waals surface area contributed by atoms with Crippen LogP contribution in [0.5, 0.6) is 5.75 Å². The van der Waals surface area contributed by atoms with E-state index in [1.165, 1.54) is 5.56 Å². The second-order valence-corrected chi connectivity index (χ2v) is 6.83. The molecule has 6 nitrogen and oxygen atoms in total. The number of ether oxygens (including phenoxy) is 2. The van der Waals surface area contributed by atoms with Gasteiger partial charge in [-0.2, -0.15) is 0 Å². The van der Waals surface area contributed by atoms with Gasteiger partial charge in [0, 0.05) is 17.4 Å². The van der Waals surface area contributed by atoms with Gasteiger partial charge in [0.2, 0.25) is 0 Å². The van der Waals surface area contributed by atoms with Crippen LogP contribution in [-0.4, -0.2) is 23.7 Å². The average molecular weight is 396 g/mol. The van der Waals surface area contributed by atoms with Crippen LogP contribution in [0.4, 0.5) is 4.79 Å². The minimum absolute atomic E-state index is 0.222. The maximum atomic E-state index is 12.3. The number of carbonyl (C=O) groups excluding carboxylic acids is 2. The number of amides is 1. The molecule has 0 bridgehead atoms. The molecule has 0 aliphatic rings. The van der Waals surface area contributed by atoms with Crippen molar-refractivity contribution in [1.82, 2.24) is 10.3 Å². The standard InChI is InChI=1S/C21H20N2O4S/c1-2-26-21(25)27-18-10-8-16(9-11-18)20(24)22-13-17-14-28-19(23-17)12-15-6-4-3-5-7-15/h3-11,14H,2,12-13H2,1H3,(H,22,24). The fourth-order valence-electron chi connectivity index (χ4n) is 2.47. The highest BCUT2D eigenvalue weighted by molar-refractivity contribution is 7.09. The van der Waals surface area contributed by atoms with E-state index in [-0.39, 0.29) is 12.5 Å². The summed E-state index contributed by atoms with van der Waals surface area (Å²) in [5, 5.41) is 5.81. The molecular formula is C21H20N2O4S. The van der Waals surface area contributed by atoms with Crippen molar-refractivity contribution in [2.75, 3.05) is 6.61 Å². The van der Waals surface area contributed by atoms with E-state index in [9.17, 15) is 9.59 Å². The van der Waals surface area contributed by atoms with Gasteiger partial charge in [0.25, 0.3) is 5.91 Å². The van der Waals surface area contributed by atoms with Gasteiger partial charge in [0.05, 0.1) is 23.9 Å². The summed E-state index contributed by atoms with van der Waals surface area (Å²) in [6.45, 7) is 2.29. The molecule has 0 fully saturated rings. The molecule has 1 heterocycles. The van der Waals surface area contributed by atoms with Crippen molar-refractivity contribution in [3.8, 4) is 5.75 Å². The number of hydrogen-bond acceptors (Lipinski definition) is 6. The predicted molar refractivity (Wildman–Crippen MR) is 107 cm³/mol. The summed E-state index contributed by atoms with van der Waals surface area (Å²) in [6, 6.07) is 16.4. The Kier molecular flexibility index (Phi) is 6.75. The zero-order valence-electron chi connectivity index (χ0n) is 15.4. The highest BCUT2D eigenvalue weighted by Crippen LogP contribution is 2.16. The average Bonchev–Trinajstić information content (AvgIpc) is 3.15. The van der Waals surface area contributed by atoms with E-state index in [4.69, 9.17) is 9.47 Å². The van der Waals surface area contributed by atoms with Crippen LogP contribution in [0, 0.1) is 0 Å². The molecule has 3 rings (SSSR count). The van der Waals surface area contributed by atoms with E-state index in [1.807, 2.05) is 23.6 Å². The summed E-state index contributed by atoms with van der Waals surface area (Å²) in [5.74, 6) is 0.0975. The Bertz CT molecular complexity index is 923. The number of thiazole rings is 1. The van der Waals surface area contributed by atoms with Crippen LogP contribution in [0.15, 0.2) is 60.0 Å². The lowest BCUT2D eigenvalue weighted by atomic mass is 10.2. The van der Waals surface area contributed by atoms with Crippen molar-refractivity contribution in [3.05, 3.63) is 81.8 Å². The summed E-state index contributed by atoms with van der Waals surface area (Å²) in [5.41, 5.74) is 2.50. The molecule has 0 spiro atoms. The number of benzene rings is 2. The van der Waals surface area contributed by atoms with Gasteiger partial charge in [0.1, 0.15) is 5.75 Å². The number of aromatic nitrogens is 1. The lowest BCUT2D eigenvalue weighted by Gasteiger charge is -2.06. The van der Waals surface area contributed by atoms with Crippen LogP contribution in [0.2, 0.25) is 0 Å². The second kappa shape index (κ2) is 9.66. The third-order valence-corrected chi connectivity index (χ3v) is 4.71. The minimum atomic E-state index is -0.769. The molecule has 0 aliphatic carbocycles. The molecule has 0 saturated carbocycles. The molecular weight excluding hydrogens is 376 g/mol. The maximum Gasteiger partial charge on any atom is 0.513 e. The van der Waals surface area contributed by atoms with E-state index in [1.54, 1.807) is 42.5 Å². The lowest BCUT2D eigenvalue weighted by molar-refractivity contribution is 0.0950. The van der Waals surface area contributed by atoms with Crippen molar-refractivity contribution in [1.29, 1.82) is 0 Å². The fourth-order valence-corrected chi connectivity index (χ4v) is 3.30. The maximum absolute atomic E-state index is 12.3. The lowest BCUT2D eigenvalue weighted by Crippen LogP contribution is -2.22. The molecule has 0 atom stereocenters. The highest BCUT2D eigenvalue weighted by Gasteiger charge is 2.10. The smallest absolute Gasteiger partial charge is 0.434 e. The van der Waals surface area contributed by atoms with Gasteiger partial charge in [-0.05, 0) is 36.8 Å². The molecule has 2 aromatic carbocycles. The molecule has 1 aromatic heterocycles. The van der Waals surface area contributed by atoms with Crippen LogP contribution in [0.25, 0.3) is 0 Å². The molecule has 1 N–H and O–H groups in total. The Labute approximate surface area is 167 Å². The SMILES string of the molecule is CCOC(=O)Oc1ccc(C(=O)NCc2csc(Cc3ccccc3)n2)cc1. The zero-order chi connectivity index (χ0) is 19.8. The molecule has 0 unspecified atom stereocenters. The van der Waals surface area contributed by atoms with Gasteiger partial charge in [-0.15, -0.1) is 11.3 Å². The van der Waals surface area contributed by atoms with Crippen LogP contribution in [0.1, 0.15) is 33.5 Å². The number of hydrogen-bond donors (Lipinski definition) is 1. The molecule has 28 heavy (non-hydrogen) atoms. The minimum Gasteiger partial charge on any atom is -0.434 e. The first-order valence-corrected chi connectivity index (χ1v) is 9.72.